The van der Waals surface area contributed by atoms with Crippen molar-refractivity contribution in [1.82, 2.24) is 5.16 Å². The summed E-state index contributed by atoms with van der Waals surface area (Å²) in [5.74, 6) is 1.99. The number of nitrogens with zero attached hydrogens (tertiary/aromatic N) is 2. The summed E-state index contributed by atoms with van der Waals surface area (Å²) in [6.07, 6.45) is 1.61. The summed E-state index contributed by atoms with van der Waals surface area (Å²) in [5.41, 5.74) is 3.55. The standard InChI is InChI=1S/C21H21ClN2O4/c1-14-19(15(2)28-24-14)13-27-23-11-17-6-9-20(21(10-17)25-3)26-12-16-4-7-18(22)8-5-16/h4-11H,12-13H2,1-3H3/b23-11+. The van der Waals surface area contributed by atoms with Crippen LogP contribution in [-0.4, -0.2) is 18.5 Å². The summed E-state index contributed by atoms with van der Waals surface area (Å²) in [5, 5.41) is 8.58. The lowest BCUT2D eigenvalue weighted by atomic mass is 10.2. The number of rotatable bonds is 8. The molecule has 7 heteroatoms. The fraction of sp³-hybridized carbons (Fsp3) is 0.238. The largest absolute Gasteiger partial charge is 0.493 e. The predicted octanol–water partition coefficient (Wildman–Crippen LogP) is 5.08. The van der Waals surface area contributed by atoms with Gasteiger partial charge in [-0.25, -0.2) is 0 Å². The second-order valence-electron chi connectivity index (χ2n) is 6.14. The molecule has 0 unspecified atom stereocenters. The molecule has 0 aliphatic rings. The topological polar surface area (TPSA) is 66.1 Å². The van der Waals surface area contributed by atoms with Gasteiger partial charge in [0.1, 0.15) is 19.0 Å². The quantitative estimate of drug-likeness (QED) is 0.389. The van der Waals surface area contributed by atoms with Crippen LogP contribution in [0.3, 0.4) is 0 Å². The van der Waals surface area contributed by atoms with E-state index in [1.807, 2.05) is 56.3 Å². The highest BCUT2D eigenvalue weighted by molar-refractivity contribution is 6.30. The van der Waals surface area contributed by atoms with Crippen LogP contribution in [0.1, 0.15) is 28.1 Å². The molecule has 28 heavy (non-hydrogen) atoms. The Labute approximate surface area is 168 Å². The molecule has 0 radical (unpaired) electrons. The number of aromatic nitrogens is 1. The van der Waals surface area contributed by atoms with Crippen LogP contribution in [-0.2, 0) is 18.1 Å². The van der Waals surface area contributed by atoms with Crippen LogP contribution in [0.15, 0.2) is 52.1 Å². The van der Waals surface area contributed by atoms with Gasteiger partial charge >= 0.3 is 0 Å². The van der Waals surface area contributed by atoms with E-state index in [9.17, 15) is 0 Å². The van der Waals surface area contributed by atoms with Gasteiger partial charge in [0, 0.05) is 10.6 Å². The minimum Gasteiger partial charge on any atom is -0.493 e. The molecule has 146 valence electrons. The zero-order valence-electron chi connectivity index (χ0n) is 15.9. The van der Waals surface area contributed by atoms with E-state index in [1.165, 1.54) is 0 Å². The summed E-state index contributed by atoms with van der Waals surface area (Å²) in [4.78, 5) is 5.35. The Morgan fingerprint density at radius 1 is 1.07 bits per heavy atom. The van der Waals surface area contributed by atoms with Gasteiger partial charge < -0.3 is 18.8 Å². The third-order valence-electron chi connectivity index (χ3n) is 4.16. The molecular formula is C21H21ClN2O4. The van der Waals surface area contributed by atoms with Crippen molar-refractivity contribution in [2.75, 3.05) is 7.11 Å². The Morgan fingerprint density at radius 2 is 1.86 bits per heavy atom. The maximum Gasteiger partial charge on any atom is 0.161 e. The van der Waals surface area contributed by atoms with Gasteiger partial charge in [0.25, 0.3) is 0 Å². The normalized spacial score (nSPS) is 11.0. The Morgan fingerprint density at radius 3 is 2.54 bits per heavy atom. The molecular weight excluding hydrogens is 380 g/mol. The minimum absolute atomic E-state index is 0.303. The molecule has 0 saturated heterocycles. The molecule has 3 rings (SSSR count). The van der Waals surface area contributed by atoms with Gasteiger partial charge in [0.05, 0.1) is 24.6 Å². The van der Waals surface area contributed by atoms with Crippen molar-refractivity contribution < 1.29 is 18.8 Å². The third-order valence-corrected chi connectivity index (χ3v) is 4.41. The lowest BCUT2D eigenvalue weighted by Gasteiger charge is -2.11. The fourth-order valence-corrected chi connectivity index (χ4v) is 2.66. The van der Waals surface area contributed by atoms with Crippen LogP contribution >= 0.6 is 11.6 Å². The zero-order chi connectivity index (χ0) is 19.9. The zero-order valence-corrected chi connectivity index (χ0v) is 16.7. The number of oxime groups is 1. The van der Waals surface area contributed by atoms with Crippen molar-refractivity contribution >= 4 is 17.8 Å². The average molecular weight is 401 g/mol. The van der Waals surface area contributed by atoms with Crippen molar-refractivity contribution in [2.24, 2.45) is 5.16 Å². The monoisotopic (exact) mass is 400 g/mol. The Balaban J connectivity index is 1.59. The van der Waals surface area contributed by atoms with E-state index < -0.39 is 0 Å². The number of hydrogen-bond donors (Lipinski definition) is 0. The first-order valence-corrected chi connectivity index (χ1v) is 9.07. The molecule has 0 amide bonds. The molecule has 0 saturated carbocycles. The van der Waals surface area contributed by atoms with Gasteiger partial charge in [-0.3, -0.25) is 0 Å². The first kappa shape index (κ1) is 19.8. The van der Waals surface area contributed by atoms with Crippen LogP contribution < -0.4 is 9.47 Å². The van der Waals surface area contributed by atoms with E-state index in [1.54, 1.807) is 13.3 Å². The van der Waals surface area contributed by atoms with Crippen LogP contribution in [0.25, 0.3) is 0 Å². The number of ether oxygens (including phenoxy) is 2. The maximum absolute atomic E-state index is 5.90. The first-order valence-electron chi connectivity index (χ1n) is 8.69. The van der Waals surface area contributed by atoms with Gasteiger partial charge in [0.2, 0.25) is 0 Å². The maximum atomic E-state index is 5.90. The van der Waals surface area contributed by atoms with E-state index in [0.29, 0.717) is 29.7 Å². The smallest absolute Gasteiger partial charge is 0.161 e. The van der Waals surface area contributed by atoms with E-state index in [2.05, 4.69) is 10.3 Å². The molecule has 1 aromatic heterocycles. The Hall–Kier alpha value is -2.99. The van der Waals surface area contributed by atoms with Crippen molar-refractivity contribution in [2.45, 2.75) is 27.1 Å². The molecule has 6 nitrogen and oxygen atoms in total. The van der Waals surface area contributed by atoms with Crippen LogP contribution in [0.2, 0.25) is 5.02 Å². The highest BCUT2D eigenvalue weighted by Crippen LogP contribution is 2.28. The molecule has 0 spiro atoms. The average Bonchev–Trinajstić information content (AvgIpc) is 3.03. The lowest BCUT2D eigenvalue weighted by molar-refractivity contribution is 0.130. The summed E-state index contributed by atoms with van der Waals surface area (Å²) in [7, 11) is 1.60. The summed E-state index contributed by atoms with van der Waals surface area (Å²) < 4.78 is 16.4. The molecule has 2 aromatic carbocycles. The first-order chi connectivity index (χ1) is 13.6. The van der Waals surface area contributed by atoms with Gasteiger partial charge in [-0.1, -0.05) is 34.0 Å². The predicted molar refractivity (Wildman–Crippen MR) is 107 cm³/mol. The van der Waals surface area contributed by atoms with Crippen molar-refractivity contribution in [1.29, 1.82) is 0 Å². The van der Waals surface area contributed by atoms with Crippen molar-refractivity contribution in [3.8, 4) is 11.5 Å². The number of methoxy groups -OCH3 is 1. The van der Waals surface area contributed by atoms with Crippen LogP contribution in [0, 0.1) is 13.8 Å². The Bertz CT molecular complexity index is 932. The van der Waals surface area contributed by atoms with Gasteiger partial charge in [-0.2, -0.15) is 0 Å². The van der Waals surface area contributed by atoms with Crippen LogP contribution in [0.4, 0.5) is 0 Å². The van der Waals surface area contributed by atoms with Gasteiger partial charge in [-0.05, 0) is 49.7 Å². The molecule has 3 aromatic rings. The molecule has 0 fully saturated rings. The number of halogens is 1. The summed E-state index contributed by atoms with van der Waals surface area (Å²) >= 11 is 5.90. The van der Waals surface area contributed by atoms with Crippen LogP contribution in [0.5, 0.6) is 11.5 Å². The third kappa shape index (κ3) is 5.04. The van der Waals surface area contributed by atoms with E-state index in [0.717, 1.165) is 28.1 Å². The SMILES string of the molecule is COc1cc(/C=N/OCc2c(C)noc2C)ccc1OCc1ccc(Cl)cc1. The number of aryl methyl sites for hydroxylation is 2. The summed E-state index contributed by atoms with van der Waals surface area (Å²) in [6.45, 7) is 4.43. The molecule has 0 aliphatic carbocycles. The van der Waals surface area contributed by atoms with E-state index in [-0.39, 0.29) is 0 Å². The van der Waals surface area contributed by atoms with Crippen molar-refractivity contribution in [3.05, 3.63) is 75.6 Å². The van der Waals surface area contributed by atoms with Gasteiger partial charge in [0.15, 0.2) is 11.5 Å². The van der Waals surface area contributed by atoms with E-state index in [4.69, 9.17) is 30.4 Å². The number of hydrogen-bond acceptors (Lipinski definition) is 6. The minimum atomic E-state index is 0.303. The molecule has 0 atom stereocenters. The second kappa shape index (κ2) is 9.28. The molecule has 1 heterocycles. The second-order valence-corrected chi connectivity index (χ2v) is 6.57. The fourth-order valence-electron chi connectivity index (χ4n) is 2.53. The van der Waals surface area contributed by atoms with Gasteiger partial charge in [-0.15, -0.1) is 0 Å². The number of benzene rings is 2. The highest BCUT2D eigenvalue weighted by atomic mass is 35.5. The molecule has 0 aliphatic heterocycles. The highest BCUT2D eigenvalue weighted by Gasteiger charge is 2.09. The van der Waals surface area contributed by atoms with Crippen molar-refractivity contribution in [3.63, 3.8) is 0 Å². The lowest BCUT2D eigenvalue weighted by Crippen LogP contribution is -1.98. The van der Waals surface area contributed by atoms with E-state index >= 15 is 0 Å². The molecule has 0 N–H and O–H groups in total. The summed E-state index contributed by atoms with van der Waals surface area (Å²) in [6, 6.07) is 13.1. The molecule has 0 bridgehead atoms. The Kier molecular flexibility index (Phi) is 6.55.